The van der Waals surface area contributed by atoms with E-state index in [9.17, 15) is 8.78 Å². The minimum atomic E-state index is -1.19. The highest BCUT2D eigenvalue weighted by atomic mass is 19.2. The number of phenolic OH excluding ortho intramolecular Hbond substituents is 1. The Kier molecular flexibility index (Phi) is 2.79. The highest BCUT2D eigenvalue weighted by molar-refractivity contribution is 5.35. The van der Waals surface area contributed by atoms with Gasteiger partial charge in [-0.05, 0) is 6.07 Å². The first-order chi connectivity index (χ1) is 6.06. The number of aliphatic hydroxyl groups excluding tert-OH is 1. The van der Waals surface area contributed by atoms with Gasteiger partial charge in [-0.2, -0.15) is 0 Å². The van der Waals surface area contributed by atoms with Crippen LogP contribution >= 0.6 is 0 Å². The molecule has 0 aromatic heterocycles. The van der Waals surface area contributed by atoms with E-state index in [0.717, 1.165) is 6.07 Å². The van der Waals surface area contributed by atoms with Crippen LogP contribution in [0.25, 0.3) is 0 Å². The van der Waals surface area contributed by atoms with Crippen LogP contribution in [0.2, 0.25) is 0 Å². The molecule has 1 aromatic rings. The summed E-state index contributed by atoms with van der Waals surface area (Å²) in [7, 11) is 0. The SMILES string of the molecule is NCC(O)c1cc(F)c(F)cc1O. The maximum Gasteiger partial charge on any atom is 0.162 e. The molecule has 0 saturated heterocycles. The van der Waals surface area contributed by atoms with Gasteiger partial charge in [0, 0.05) is 18.2 Å². The van der Waals surface area contributed by atoms with Gasteiger partial charge >= 0.3 is 0 Å². The van der Waals surface area contributed by atoms with E-state index in [-0.39, 0.29) is 12.1 Å². The third-order valence-corrected chi connectivity index (χ3v) is 1.65. The van der Waals surface area contributed by atoms with E-state index in [1.165, 1.54) is 0 Å². The molecule has 4 N–H and O–H groups in total. The zero-order chi connectivity index (χ0) is 10.0. The predicted octanol–water partition coefficient (Wildman–Crippen LogP) is 0.662. The monoisotopic (exact) mass is 189 g/mol. The van der Waals surface area contributed by atoms with Gasteiger partial charge in [0.05, 0.1) is 6.10 Å². The number of aliphatic hydroxyl groups is 1. The topological polar surface area (TPSA) is 66.5 Å². The lowest BCUT2D eigenvalue weighted by atomic mass is 10.1. The lowest BCUT2D eigenvalue weighted by Crippen LogP contribution is -2.12. The van der Waals surface area contributed by atoms with Crippen molar-refractivity contribution in [2.24, 2.45) is 5.73 Å². The molecule has 0 saturated carbocycles. The number of phenols is 1. The van der Waals surface area contributed by atoms with Crippen molar-refractivity contribution in [2.75, 3.05) is 6.54 Å². The lowest BCUT2D eigenvalue weighted by Gasteiger charge is -2.10. The molecule has 1 aromatic carbocycles. The summed E-state index contributed by atoms with van der Waals surface area (Å²) in [6, 6.07) is 1.33. The van der Waals surface area contributed by atoms with Crippen LogP contribution in [0.5, 0.6) is 5.75 Å². The average Bonchev–Trinajstić information content (AvgIpc) is 2.10. The van der Waals surface area contributed by atoms with E-state index in [4.69, 9.17) is 15.9 Å². The van der Waals surface area contributed by atoms with E-state index in [0.29, 0.717) is 6.07 Å². The molecular weight excluding hydrogens is 180 g/mol. The first-order valence-corrected chi connectivity index (χ1v) is 3.62. The molecule has 1 atom stereocenters. The van der Waals surface area contributed by atoms with Gasteiger partial charge in [0.25, 0.3) is 0 Å². The number of benzene rings is 1. The van der Waals surface area contributed by atoms with Crippen LogP contribution in [0.15, 0.2) is 12.1 Å². The van der Waals surface area contributed by atoms with E-state index in [1.807, 2.05) is 0 Å². The number of halogens is 2. The van der Waals surface area contributed by atoms with Crippen LogP contribution < -0.4 is 5.73 Å². The molecule has 0 amide bonds. The van der Waals surface area contributed by atoms with Crippen LogP contribution in [0, 0.1) is 11.6 Å². The Morgan fingerprint density at radius 2 is 1.85 bits per heavy atom. The van der Waals surface area contributed by atoms with E-state index in [1.54, 1.807) is 0 Å². The van der Waals surface area contributed by atoms with Gasteiger partial charge in [0.1, 0.15) is 5.75 Å². The van der Waals surface area contributed by atoms with Crippen LogP contribution in [-0.2, 0) is 0 Å². The van der Waals surface area contributed by atoms with Crippen LogP contribution in [0.1, 0.15) is 11.7 Å². The molecule has 0 aliphatic heterocycles. The summed E-state index contributed by atoms with van der Waals surface area (Å²) >= 11 is 0. The smallest absolute Gasteiger partial charge is 0.162 e. The van der Waals surface area contributed by atoms with E-state index >= 15 is 0 Å². The second-order valence-electron chi connectivity index (χ2n) is 2.58. The Hall–Kier alpha value is -1.20. The molecule has 3 nitrogen and oxygen atoms in total. The van der Waals surface area contributed by atoms with Crippen LogP contribution in [-0.4, -0.2) is 16.8 Å². The Morgan fingerprint density at radius 3 is 2.38 bits per heavy atom. The van der Waals surface area contributed by atoms with Crippen LogP contribution in [0.4, 0.5) is 8.78 Å². The molecule has 0 fully saturated rings. The molecule has 72 valence electrons. The number of hydrogen-bond acceptors (Lipinski definition) is 3. The van der Waals surface area contributed by atoms with Crippen molar-refractivity contribution in [3.63, 3.8) is 0 Å². The molecule has 0 radical (unpaired) electrons. The second kappa shape index (κ2) is 3.68. The summed E-state index contributed by atoms with van der Waals surface area (Å²) in [6.45, 7) is -0.168. The molecule has 5 heteroatoms. The molecule has 1 unspecified atom stereocenters. The lowest BCUT2D eigenvalue weighted by molar-refractivity contribution is 0.182. The van der Waals surface area contributed by atoms with Gasteiger partial charge < -0.3 is 15.9 Å². The third-order valence-electron chi connectivity index (χ3n) is 1.65. The highest BCUT2D eigenvalue weighted by Crippen LogP contribution is 2.25. The molecule has 0 aliphatic rings. The Morgan fingerprint density at radius 1 is 1.31 bits per heavy atom. The van der Waals surface area contributed by atoms with Crippen LogP contribution in [0.3, 0.4) is 0 Å². The van der Waals surface area contributed by atoms with Gasteiger partial charge in [0.15, 0.2) is 11.6 Å². The summed E-state index contributed by atoms with van der Waals surface area (Å²) in [5.74, 6) is -2.79. The fraction of sp³-hybridized carbons (Fsp3) is 0.250. The molecule has 0 heterocycles. The number of nitrogens with two attached hydrogens (primary N) is 1. The summed E-state index contributed by atoms with van der Waals surface area (Å²) < 4.78 is 25.1. The van der Waals surface area contributed by atoms with Gasteiger partial charge in [-0.1, -0.05) is 0 Å². The van der Waals surface area contributed by atoms with Crippen molar-refractivity contribution in [1.29, 1.82) is 0 Å². The quantitative estimate of drug-likeness (QED) is 0.640. The Bertz CT molecular complexity index is 317. The molecular formula is C8H9F2NO2. The maximum atomic E-state index is 12.6. The first kappa shape index (κ1) is 9.88. The average molecular weight is 189 g/mol. The fourth-order valence-electron chi connectivity index (χ4n) is 0.946. The number of aromatic hydroxyl groups is 1. The Labute approximate surface area is 73.4 Å². The van der Waals surface area contributed by atoms with Crippen molar-refractivity contribution >= 4 is 0 Å². The summed E-state index contributed by atoms with van der Waals surface area (Å²) in [4.78, 5) is 0. The molecule has 0 bridgehead atoms. The van der Waals surface area contributed by atoms with Gasteiger partial charge in [-0.3, -0.25) is 0 Å². The molecule has 0 spiro atoms. The number of rotatable bonds is 2. The normalized spacial score (nSPS) is 12.9. The first-order valence-electron chi connectivity index (χ1n) is 3.62. The van der Waals surface area contributed by atoms with Crippen molar-refractivity contribution in [3.05, 3.63) is 29.3 Å². The highest BCUT2D eigenvalue weighted by Gasteiger charge is 2.14. The summed E-state index contributed by atoms with van der Waals surface area (Å²) in [5.41, 5.74) is 4.97. The van der Waals surface area contributed by atoms with Crippen molar-refractivity contribution in [3.8, 4) is 5.75 Å². The predicted molar refractivity (Wildman–Crippen MR) is 42.0 cm³/mol. The zero-order valence-electron chi connectivity index (χ0n) is 6.67. The van der Waals surface area contributed by atoms with E-state index < -0.39 is 23.5 Å². The second-order valence-corrected chi connectivity index (χ2v) is 2.58. The molecule has 13 heavy (non-hydrogen) atoms. The van der Waals surface area contributed by atoms with E-state index in [2.05, 4.69) is 0 Å². The van der Waals surface area contributed by atoms with Gasteiger partial charge in [-0.25, -0.2) is 8.78 Å². The van der Waals surface area contributed by atoms with Crippen molar-refractivity contribution < 1.29 is 19.0 Å². The molecule has 0 aliphatic carbocycles. The third kappa shape index (κ3) is 1.93. The Balaban J connectivity index is 3.15. The largest absolute Gasteiger partial charge is 0.507 e. The van der Waals surface area contributed by atoms with Gasteiger partial charge in [0.2, 0.25) is 0 Å². The minimum absolute atomic E-state index is 0.110. The standard InChI is InChI=1S/C8H9F2NO2/c9-5-1-4(8(13)3-11)7(12)2-6(5)10/h1-2,8,12-13H,3,11H2. The summed E-state index contributed by atoms with van der Waals surface area (Å²) in [6.07, 6.45) is -1.19. The van der Waals surface area contributed by atoms with Crippen molar-refractivity contribution in [1.82, 2.24) is 0 Å². The fourth-order valence-corrected chi connectivity index (χ4v) is 0.946. The number of hydrogen-bond donors (Lipinski definition) is 3. The minimum Gasteiger partial charge on any atom is -0.507 e. The maximum absolute atomic E-state index is 12.6. The van der Waals surface area contributed by atoms with Crippen molar-refractivity contribution in [2.45, 2.75) is 6.10 Å². The zero-order valence-corrected chi connectivity index (χ0v) is 6.67. The summed E-state index contributed by atoms with van der Waals surface area (Å²) in [5, 5.41) is 18.2. The van der Waals surface area contributed by atoms with Gasteiger partial charge in [-0.15, -0.1) is 0 Å². The molecule has 1 rings (SSSR count).